The lowest BCUT2D eigenvalue weighted by atomic mass is 9.91. The average molecular weight is 1120 g/mol. The van der Waals surface area contributed by atoms with E-state index in [0.717, 1.165) is 23.3 Å². The van der Waals surface area contributed by atoms with Gasteiger partial charge in [0.15, 0.2) is 0 Å². The Kier molecular flexibility index (Phi) is 21.5. The smallest absolute Gasteiger partial charge is 0.417 e. The van der Waals surface area contributed by atoms with Gasteiger partial charge in [-0.2, -0.15) is 26.3 Å². The van der Waals surface area contributed by atoms with Gasteiger partial charge in [0.2, 0.25) is 5.91 Å². The van der Waals surface area contributed by atoms with Gasteiger partial charge >= 0.3 is 24.4 Å². The van der Waals surface area contributed by atoms with Gasteiger partial charge < -0.3 is 28.7 Å². The van der Waals surface area contributed by atoms with Gasteiger partial charge in [0.25, 0.3) is 0 Å². The third-order valence-corrected chi connectivity index (χ3v) is 12.0. The lowest BCUT2D eigenvalue weighted by Gasteiger charge is -2.22. The molecule has 3 heterocycles. The molecule has 1 fully saturated rings. The van der Waals surface area contributed by atoms with Crippen molar-refractivity contribution in [2.75, 3.05) is 6.61 Å². The van der Waals surface area contributed by atoms with Crippen LogP contribution in [0.1, 0.15) is 89.9 Å². The predicted molar refractivity (Wildman–Crippen MR) is 264 cm³/mol. The summed E-state index contributed by atoms with van der Waals surface area (Å²) in [4.78, 5) is 37.8. The fourth-order valence-electron chi connectivity index (χ4n) is 7.26. The molecule has 0 bridgehead atoms. The lowest BCUT2D eigenvalue weighted by Crippen LogP contribution is -2.40. The standard InChI is InChI=1S/C22H20N2O5.C20H15ClF3NO4.C8H5BrClF3.2CH4/c25-18-8-6-16(7-9-18)19(20-10-11-29-23-20)13-21(26)24-17(14-28-22(24)27)12-15-4-2-1-3-5-15;21-17-6-1-12(9-16(17)20(22,23)24)11-28-14-4-2-13(3-5-14)15(10-19(26)27)18-7-8-29-25-18;9-4-5-1-2-7(10)6(3-5)8(11,12)13;;/h1-11,17,19,25H,12-14H2;1-9,15H,10-11H2,(H,26,27);1-3H,4H2;2*1H4/t17-,19-;15-;;;/m00.../s1. The highest BCUT2D eigenvalue weighted by atomic mass is 79.9. The monoisotopic (exact) mass is 1120 g/mol. The number of carboxylic acid groups (broad SMARTS) is 1. The molecule has 73 heavy (non-hydrogen) atoms. The number of aliphatic carboxylic acids is 1. The van der Waals surface area contributed by atoms with Gasteiger partial charge in [-0.1, -0.05) is 131 Å². The molecule has 5 aromatic carbocycles. The number of phenols is 1. The number of carbonyl (C=O) groups is 3. The number of carbonyl (C=O) groups excluding carboxylic acids is 2. The topological polar surface area (TPSA) is 165 Å². The van der Waals surface area contributed by atoms with E-state index in [1.807, 2.05) is 30.3 Å². The van der Waals surface area contributed by atoms with Crippen molar-refractivity contribution in [3.63, 3.8) is 0 Å². The SMILES string of the molecule is C.C.FC(F)(F)c1cc(CBr)ccc1Cl.O=C(C[C@@H](c1ccc(O)cc1)c1ccon1)N1C(=O)OC[C@@H]1Cc1ccccc1.O=C(O)C[C@@H](c1ccc(OCc2ccc(Cl)c(C(F)(F)F)c2)cc1)c1ccon1. The number of benzene rings is 5. The van der Waals surface area contributed by atoms with Gasteiger partial charge in [-0.05, 0) is 82.8 Å². The van der Waals surface area contributed by atoms with Gasteiger partial charge in [0.1, 0.15) is 37.2 Å². The van der Waals surface area contributed by atoms with E-state index in [9.17, 15) is 45.8 Å². The number of cyclic esters (lactones) is 1. The molecular weight excluding hydrogens is 1080 g/mol. The van der Waals surface area contributed by atoms with E-state index < -0.39 is 47.4 Å². The zero-order chi connectivity index (χ0) is 51.3. The molecule has 0 saturated carbocycles. The van der Waals surface area contributed by atoms with Crippen molar-refractivity contribution < 1.29 is 69.5 Å². The number of hydrogen-bond acceptors (Lipinski definition) is 10. The molecule has 1 aliphatic rings. The van der Waals surface area contributed by atoms with Crippen LogP contribution in [0.15, 0.2) is 149 Å². The number of aromatic hydroxyl groups is 1. The summed E-state index contributed by atoms with van der Waals surface area (Å²) < 4.78 is 96.1. The quantitative estimate of drug-likeness (QED) is 0.0786. The number of hydrogen-bond donors (Lipinski definition) is 2. The van der Waals surface area contributed by atoms with Crippen molar-refractivity contribution in [3.8, 4) is 11.5 Å². The van der Waals surface area contributed by atoms with Crippen molar-refractivity contribution >= 4 is 57.1 Å². The van der Waals surface area contributed by atoms with Gasteiger partial charge in [-0.25, -0.2) is 9.69 Å². The van der Waals surface area contributed by atoms with E-state index in [2.05, 4.69) is 26.2 Å². The molecule has 7 aromatic rings. The Balaban J connectivity index is 0.000000251. The number of imide groups is 1. The minimum atomic E-state index is -4.55. The largest absolute Gasteiger partial charge is 0.508 e. The summed E-state index contributed by atoms with van der Waals surface area (Å²) in [5.74, 6) is -1.67. The van der Waals surface area contributed by atoms with Crippen molar-refractivity contribution in [1.29, 1.82) is 0 Å². The van der Waals surface area contributed by atoms with Crippen molar-refractivity contribution in [2.24, 2.45) is 0 Å². The molecule has 21 heteroatoms. The number of ether oxygens (including phenoxy) is 2. The number of carboxylic acids is 1. The van der Waals surface area contributed by atoms with Crippen LogP contribution < -0.4 is 4.74 Å². The molecular formula is C52H48BrCl2F6N3O9. The van der Waals surface area contributed by atoms with Crippen molar-refractivity contribution in [2.45, 2.75) is 76.3 Å². The van der Waals surface area contributed by atoms with E-state index in [4.69, 9.17) is 46.8 Å². The highest BCUT2D eigenvalue weighted by Crippen LogP contribution is 2.37. The molecule has 0 radical (unpaired) electrons. The molecule has 12 nitrogen and oxygen atoms in total. The minimum Gasteiger partial charge on any atom is -0.508 e. The normalized spacial score (nSPS) is 13.9. The molecule has 388 valence electrons. The number of amides is 2. The first kappa shape index (κ1) is 58.7. The van der Waals surface area contributed by atoms with E-state index in [-0.39, 0.29) is 68.7 Å². The van der Waals surface area contributed by atoms with Gasteiger partial charge in [-0.15, -0.1) is 0 Å². The molecule has 8 rings (SSSR count). The average Bonchev–Trinajstić information content (AvgIpc) is 4.15. The maximum atomic E-state index is 13.1. The molecule has 2 N–H and O–H groups in total. The third kappa shape index (κ3) is 16.6. The molecule has 0 spiro atoms. The van der Waals surface area contributed by atoms with Crippen molar-refractivity contribution in [3.05, 3.63) is 200 Å². The highest BCUT2D eigenvalue weighted by molar-refractivity contribution is 9.08. The Hall–Kier alpha value is -6.83. The minimum absolute atomic E-state index is 0. The van der Waals surface area contributed by atoms with Gasteiger partial charge in [0.05, 0.1) is 45.0 Å². The summed E-state index contributed by atoms with van der Waals surface area (Å²) in [5, 5.41) is 26.2. The summed E-state index contributed by atoms with van der Waals surface area (Å²) >= 11 is 14.1. The Labute approximate surface area is 434 Å². The summed E-state index contributed by atoms with van der Waals surface area (Å²) in [7, 11) is 0. The molecule has 0 aliphatic carbocycles. The van der Waals surface area contributed by atoms with E-state index in [0.29, 0.717) is 45.6 Å². The molecule has 1 saturated heterocycles. The maximum absolute atomic E-state index is 13.1. The van der Waals surface area contributed by atoms with Gasteiger partial charge in [-0.3, -0.25) is 9.59 Å². The number of halogens is 9. The maximum Gasteiger partial charge on any atom is 0.417 e. The van der Waals surface area contributed by atoms with Crippen LogP contribution in [0.4, 0.5) is 31.1 Å². The summed E-state index contributed by atoms with van der Waals surface area (Å²) in [6.45, 7) is 0.0920. The number of aromatic nitrogens is 2. The molecule has 0 unspecified atom stereocenters. The fourth-order valence-corrected chi connectivity index (χ4v) is 8.06. The van der Waals surface area contributed by atoms with Crippen LogP contribution in [0.3, 0.4) is 0 Å². The predicted octanol–water partition coefficient (Wildman–Crippen LogP) is 14.6. The second-order valence-corrected chi connectivity index (χ2v) is 17.0. The van der Waals surface area contributed by atoms with Crippen LogP contribution >= 0.6 is 39.1 Å². The summed E-state index contributed by atoms with van der Waals surface area (Å²) in [6.07, 6.45) is -6.36. The van der Waals surface area contributed by atoms with E-state index in [1.165, 1.54) is 35.6 Å². The van der Waals surface area contributed by atoms with Gasteiger partial charge in [0, 0.05) is 35.7 Å². The Bertz CT molecular complexity index is 2840. The zero-order valence-electron chi connectivity index (χ0n) is 36.7. The number of alkyl halides is 7. The number of rotatable bonds is 14. The first-order valence-corrected chi connectivity index (χ1v) is 23.0. The first-order valence-electron chi connectivity index (χ1n) is 21.1. The fraction of sp³-hybridized carbons (Fsp3) is 0.250. The van der Waals surface area contributed by atoms with Crippen LogP contribution in [0, 0.1) is 0 Å². The van der Waals surface area contributed by atoms with Crippen LogP contribution in [0.25, 0.3) is 0 Å². The number of nitrogens with zero attached hydrogens (tertiary/aromatic N) is 3. The van der Waals surface area contributed by atoms with Crippen LogP contribution in [-0.4, -0.2) is 56.0 Å². The van der Waals surface area contributed by atoms with Crippen LogP contribution in [0.5, 0.6) is 11.5 Å². The molecule has 2 amide bonds. The van der Waals surface area contributed by atoms with E-state index >= 15 is 0 Å². The highest BCUT2D eigenvalue weighted by Gasteiger charge is 2.39. The Morgan fingerprint density at radius 2 is 1.22 bits per heavy atom. The summed E-state index contributed by atoms with van der Waals surface area (Å²) in [6, 6.07) is 33.2. The molecule has 3 atom stereocenters. The second kappa shape index (κ2) is 26.7. The lowest BCUT2D eigenvalue weighted by molar-refractivity contribution is -0.138. The zero-order valence-corrected chi connectivity index (χ0v) is 39.8. The van der Waals surface area contributed by atoms with Crippen LogP contribution in [-0.2, 0) is 45.0 Å². The Morgan fingerprint density at radius 3 is 1.71 bits per heavy atom. The Morgan fingerprint density at radius 1 is 0.712 bits per heavy atom. The second-order valence-electron chi connectivity index (χ2n) is 15.6. The number of phenolic OH excluding ortho intramolecular Hbond substituents is 1. The van der Waals surface area contributed by atoms with E-state index in [1.54, 1.807) is 66.7 Å². The van der Waals surface area contributed by atoms with Crippen LogP contribution in [0.2, 0.25) is 10.0 Å². The summed E-state index contributed by atoms with van der Waals surface area (Å²) in [5.41, 5.74) is 2.75. The molecule has 2 aromatic heterocycles. The van der Waals surface area contributed by atoms with Crippen molar-refractivity contribution in [1.82, 2.24) is 15.2 Å². The first-order chi connectivity index (χ1) is 33.8. The third-order valence-electron chi connectivity index (χ3n) is 10.7. The molecule has 1 aliphatic heterocycles.